The van der Waals surface area contributed by atoms with Crippen molar-refractivity contribution in [1.29, 1.82) is 0 Å². The zero-order valence-electron chi connectivity index (χ0n) is 18.2. The second kappa shape index (κ2) is 10.1. The minimum Gasteiger partial charge on any atom is -0.465 e. The predicted octanol–water partition coefficient (Wildman–Crippen LogP) is 3.89. The van der Waals surface area contributed by atoms with Crippen molar-refractivity contribution in [3.05, 3.63) is 34.3 Å². The van der Waals surface area contributed by atoms with Crippen molar-refractivity contribution in [3.8, 4) is 0 Å². The van der Waals surface area contributed by atoms with E-state index in [1.165, 1.54) is 6.92 Å². The molecule has 0 aromatic heterocycles. The van der Waals surface area contributed by atoms with Crippen LogP contribution in [-0.2, 0) is 23.9 Å². The first kappa shape index (κ1) is 24.5. The summed E-state index contributed by atoms with van der Waals surface area (Å²) in [7, 11) is 0. The maximum atomic E-state index is 13.1. The Morgan fingerprint density at radius 2 is 1.57 bits per heavy atom. The molecule has 7 heteroatoms. The zero-order valence-corrected chi connectivity index (χ0v) is 19.8. The molecule has 166 valence electrons. The molecule has 1 aliphatic carbocycles. The molecular formula is C23H31BrO6. The molecule has 1 saturated carbocycles. The number of carbonyl (C=O) groups is 3. The molecule has 1 fully saturated rings. The van der Waals surface area contributed by atoms with E-state index in [9.17, 15) is 19.5 Å². The van der Waals surface area contributed by atoms with Crippen molar-refractivity contribution in [2.24, 2.45) is 23.7 Å². The molecule has 0 saturated heterocycles. The Hall–Kier alpha value is -1.73. The molecule has 30 heavy (non-hydrogen) atoms. The number of rotatable bonds is 7. The number of hydrogen-bond acceptors (Lipinski definition) is 6. The first-order valence-corrected chi connectivity index (χ1v) is 11.1. The molecule has 6 nitrogen and oxygen atoms in total. The highest BCUT2D eigenvalue weighted by molar-refractivity contribution is 9.10. The topological polar surface area (TPSA) is 89.9 Å². The highest BCUT2D eigenvalue weighted by Crippen LogP contribution is 2.47. The largest absolute Gasteiger partial charge is 0.465 e. The lowest BCUT2D eigenvalue weighted by molar-refractivity contribution is -0.173. The van der Waals surface area contributed by atoms with Crippen molar-refractivity contribution >= 4 is 33.7 Å². The number of ketones is 1. The Morgan fingerprint density at radius 3 is 2.07 bits per heavy atom. The molecule has 0 amide bonds. The van der Waals surface area contributed by atoms with Gasteiger partial charge in [-0.05, 0) is 36.5 Å². The molecule has 0 aliphatic heterocycles. The SMILES string of the molecule is CC(C)COC(=O)[C@@H]1C(=O)C[C@](C)(O)[C@@H](C(=O)OCC(C)C)[C@@H]1c1ccc(Br)cc1. The Kier molecular flexibility index (Phi) is 8.22. The van der Waals surface area contributed by atoms with Crippen molar-refractivity contribution in [1.82, 2.24) is 0 Å². The van der Waals surface area contributed by atoms with E-state index in [0.29, 0.717) is 5.56 Å². The van der Waals surface area contributed by atoms with Crippen LogP contribution in [0.15, 0.2) is 28.7 Å². The number of halogens is 1. The molecule has 1 aliphatic rings. The van der Waals surface area contributed by atoms with Gasteiger partial charge < -0.3 is 14.6 Å². The maximum absolute atomic E-state index is 13.1. The maximum Gasteiger partial charge on any atom is 0.317 e. The zero-order chi connectivity index (χ0) is 22.6. The van der Waals surface area contributed by atoms with E-state index in [4.69, 9.17) is 9.47 Å². The van der Waals surface area contributed by atoms with Crippen LogP contribution in [0, 0.1) is 23.7 Å². The summed E-state index contributed by atoms with van der Waals surface area (Å²) >= 11 is 3.37. The van der Waals surface area contributed by atoms with Gasteiger partial charge in [-0.2, -0.15) is 0 Å². The van der Waals surface area contributed by atoms with Gasteiger partial charge in [-0.25, -0.2) is 0 Å². The quantitative estimate of drug-likeness (QED) is 0.468. The number of carbonyl (C=O) groups excluding carboxylic acids is 3. The van der Waals surface area contributed by atoms with Crippen LogP contribution in [0.5, 0.6) is 0 Å². The Labute approximate surface area is 186 Å². The minimum atomic E-state index is -1.64. The molecule has 1 aromatic rings. The summed E-state index contributed by atoms with van der Waals surface area (Å²) in [6, 6.07) is 7.04. The van der Waals surface area contributed by atoms with E-state index in [1.54, 1.807) is 24.3 Å². The van der Waals surface area contributed by atoms with Crippen LogP contribution in [0.3, 0.4) is 0 Å². The van der Waals surface area contributed by atoms with Crippen LogP contribution in [0.25, 0.3) is 0 Å². The number of benzene rings is 1. The number of aliphatic hydroxyl groups is 1. The lowest BCUT2D eigenvalue weighted by atomic mass is 9.62. The number of hydrogen-bond donors (Lipinski definition) is 1. The smallest absolute Gasteiger partial charge is 0.317 e. The minimum absolute atomic E-state index is 0.105. The van der Waals surface area contributed by atoms with Gasteiger partial charge in [0.05, 0.1) is 24.7 Å². The molecule has 1 aromatic carbocycles. The van der Waals surface area contributed by atoms with E-state index in [0.717, 1.165) is 4.47 Å². The van der Waals surface area contributed by atoms with E-state index in [1.807, 2.05) is 27.7 Å². The molecule has 0 spiro atoms. The summed E-state index contributed by atoms with van der Waals surface area (Å²) in [4.78, 5) is 38.9. The van der Waals surface area contributed by atoms with Crippen LogP contribution in [-0.4, -0.2) is 41.6 Å². The molecule has 0 radical (unpaired) electrons. The van der Waals surface area contributed by atoms with E-state index in [-0.39, 0.29) is 31.5 Å². The number of Topliss-reactive ketones (excluding diaryl/α,β-unsaturated/α-hetero) is 1. The van der Waals surface area contributed by atoms with Crippen molar-refractivity contribution in [2.45, 2.75) is 52.6 Å². The van der Waals surface area contributed by atoms with Gasteiger partial charge in [-0.1, -0.05) is 55.8 Å². The lowest BCUT2D eigenvalue weighted by Crippen LogP contribution is -2.55. The van der Waals surface area contributed by atoms with E-state index < -0.39 is 41.1 Å². The first-order valence-electron chi connectivity index (χ1n) is 10.3. The van der Waals surface area contributed by atoms with E-state index >= 15 is 0 Å². The monoisotopic (exact) mass is 482 g/mol. The lowest BCUT2D eigenvalue weighted by Gasteiger charge is -2.43. The van der Waals surface area contributed by atoms with Gasteiger partial charge in [0, 0.05) is 16.8 Å². The second-order valence-corrected chi connectivity index (χ2v) is 10.00. The molecule has 4 atom stereocenters. The van der Waals surface area contributed by atoms with Gasteiger partial charge >= 0.3 is 11.9 Å². The molecule has 0 bridgehead atoms. The number of ether oxygens (including phenoxy) is 2. The average Bonchev–Trinajstić information content (AvgIpc) is 2.63. The van der Waals surface area contributed by atoms with Crippen LogP contribution in [0.2, 0.25) is 0 Å². The van der Waals surface area contributed by atoms with Gasteiger partial charge in [-0.3, -0.25) is 14.4 Å². The molecular weight excluding hydrogens is 452 g/mol. The fourth-order valence-corrected chi connectivity index (χ4v) is 4.04. The van der Waals surface area contributed by atoms with Crippen LogP contribution < -0.4 is 0 Å². The Balaban J connectivity index is 2.51. The summed E-state index contributed by atoms with van der Waals surface area (Å²) in [6.07, 6.45) is -0.317. The average molecular weight is 483 g/mol. The van der Waals surface area contributed by atoms with E-state index in [2.05, 4.69) is 15.9 Å². The normalized spacial score (nSPS) is 26.7. The summed E-state index contributed by atoms with van der Waals surface area (Å²) in [5, 5.41) is 11.1. The molecule has 1 N–H and O–H groups in total. The fourth-order valence-electron chi connectivity index (χ4n) is 3.78. The van der Waals surface area contributed by atoms with Crippen LogP contribution in [0.1, 0.15) is 52.5 Å². The summed E-state index contributed by atoms with van der Waals surface area (Å²) < 4.78 is 11.6. The van der Waals surface area contributed by atoms with Gasteiger partial charge in [0.15, 0.2) is 5.78 Å². The third-order valence-electron chi connectivity index (χ3n) is 5.15. The van der Waals surface area contributed by atoms with Crippen LogP contribution >= 0.6 is 15.9 Å². The third-order valence-corrected chi connectivity index (χ3v) is 5.68. The second-order valence-electron chi connectivity index (χ2n) is 9.08. The first-order chi connectivity index (χ1) is 13.9. The summed E-state index contributed by atoms with van der Waals surface area (Å²) in [5.41, 5.74) is -1.04. The Morgan fingerprint density at radius 1 is 1.07 bits per heavy atom. The van der Waals surface area contributed by atoms with Crippen molar-refractivity contribution < 1.29 is 29.0 Å². The van der Waals surface area contributed by atoms with Gasteiger partial charge in [-0.15, -0.1) is 0 Å². The highest BCUT2D eigenvalue weighted by atomic mass is 79.9. The van der Waals surface area contributed by atoms with Gasteiger partial charge in [0.1, 0.15) is 5.92 Å². The summed E-state index contributed by atoms with van der Waals surface area (Å²) in [6.45, 7) is 9.44. The predicted molar refractivity (Wildman–Crippen MR) is 116 cm³/mol. The molecule has 0 unspecified atom stereocenters. The van der Waals surface area contributed by atoms with Gasteiger partial charge in [0.2, 0.25) is 0 Å². The molecule has 2 rings (SSSR count). The highest BCUT2D eigenvalue weighted by Gasteiger charge is 2.57. The number of esters is 2. The summed E-state index contributed by atoms with van der Waals surface area (Å²) in [5.74, 6) is -4.64. The van der Waals surface area contributed by atoms with Crippen molar-refractivity contribution in [2.75, 3.05) is 13.2 Å². The Bertz CT molecular complexity index is 768. The molecule has 0 heterocycles. The fraction of sp³-hybridized carbons (Fsp3) is 0.609. The standard InChI is InChI=1S/C23H31BrO6/c1-13(2)11-29-21(26)19-17(25)10-23(5,28)20(22(27)30-12-14(3)4)18(19)15-6-8-16(24)9-7-15/h6-9,13-14,18-20,28H,10-12H2,1-5H3/t18-,19-,20-,23+/m1/s1. The van der Waals surface area contributed by atoms with Gasteiger partial charge in [0.25, 0.3) is 0 Å². The van der Waals surface area contributed by atoms with Crippen LogP contribution in [0.4, 0.5) is 0 Å². The van der Waals surface area contributed by atoms with Crippen molar-refractivity contribution in [3.63, 3.8) is 0 Å². The third kappa shape index (κ3) is 5.91.